The molecule has 0 saturated carbocycles. The largest absolute Gasteiger partial charge is 0.300 e. The van der Waals surface area contributed by atoms with Crippen LogP contribution in [0.2, 0.25) is 0 Å². The summed E-state index contributed by atoms with van der Waals surface area (Å²) in [6.45, 7) is 11.9. The van der Waals surface area contributed by atoms with E-state index in [4.69, 9.17) is 0 Å². The summed E-state index contributed by atoms with van der Waals surface area (Å²) in [5, 5.41) is 0. The van der Waals surface area contributed by atoms with Crippen molar-refractivity contribution in [3.63, 3.8) is 0 Å². The molecule has 1 nitrogen and oxygen atoms in total. The first-order valence-electron chi connectivity index (χ1n) is 5.95. The topological polar surface area (TPSA) is 17.1 Å². The standard InChI is InChI=1S/C15H24O/c1-6-13(4)8-7-9-14(5)11-15(16)10-12(2)3/h6-9,12,14H,1,10-11H2,2-5H3/b9-7+,13-8+. The molecule has 0 rings (SSSR count). The van der Waals surface area contributed by atoms with Crippen molar-refractivity contribution in [2.75, 3.05) is 0 Å². The fourth-order valence-electron chi connectivity index (χ4n) is 1.43. The van der Waals surface area contributed by atoms with Gasteiger partial charge in [-0.15, -0.1) is 0 Å². The van der Waals surface area contributed by atoms with Crippen LogP contribution in [0.4, 0.5) is 0 Å². The van der Waals surface area contributed by atoms with E-state index in [9.17, 15) is 4.79 Å². The van der Waals surface area contributed by atoms with Gasteiger partial charge in [-0.2, -0.15) is 0 Å². The summed E-state index contributed by atoms with van der Waals surface area (Å²) in [7, 11) is 0. The Morgan fingerprint density at radius 3 is 2.38 bits per heavy atom. The molecule has 16 heavy (non-hydrogen) atoms. The van der Waals surface area contributed by atoms with Crippen LogP contribution in [0.3, 0.4) is 0 Å². The molecule has 1 unspecified atom stereocenters. The van der Waals surface area contributed by atoms with Gasteiger partial charge in [0.25, 0.3) is 0 Å². The highest BCUT2D eigenvalue weighted by molar-refractivity contribution is 5.78. The van der Waals surface area contributed by atoms with Gasteiger partial charge in [0, 0.05) is 12.8 Å². The van der Waals surface area contributed by atoms with Crippen LogP contribution in [0.1, 0.15) is 40.5 Å². The van der Waals surface area contributed by atoms with Crippen molar-refractivity contribution < 1.29 is 4.79 Å². The quantitative estimate of drug-likeness (QED) is 0.584. The molecule has 0 aromatic heterocycles. The highest BCUT2D eigenvalue weighted by Gasteiger charge is 2.07. The molecule has 90 valence electrons. The monoisotopic (exact) mass is 220 g/mol. The molecule has 0 fully saturated rings. The van der Waals surface area contributed by atoms with Crippen LogP contribution in [0.25, 0.3) is 0 Å². The zero-order valence-electron chi connectivity index (χ0n) is 11.0. The second-order valence-electron chi connectivity index (χ2n) is 4.82. The summed E-state index contributed by atoms with van der Waals surface area (Å²) in [6, 6.07) is 0. The lowest BCUT2D eigenvalue weighted by Gasteiger charge is -2.06. The van der Waals surface area contributed by atoms with E-state index in [1.54, 1.807) is 0 Å². The molecule has 0 N–H and O–H groups in total. The van der Waals surface area contributed by atoms with Gasteiger partial charge < -0.3 is 0 Å². The van der Waals surface area contributed by atoms with Crippen LogP contribution >= 0.6 is 0 Å². The van der Waals surface area contributed by atoms with Gasteiger partial charge in [0.05, 0.1) is 0 Å². The van der Waals surface area contributed by atoms with Gasteiger partial charge in [-0.05, 0) is 18.8 Å². The van der Waals surface area contributed by atoms with E-state index in [0.717, 1.165) is 5.57 Å². The zero-order valence-corrected chi connectivity index (χ0v) is 11.0. The minimum Gasteiger partial charge on any atom is -0.300 e. The lowest BCUT2D eigenvalue weighted by atomic mass is 9.98. The molecule has 1 heteroatoms. The van der Waals surface area contributed by atoms with E-state index in [-0.39, 0.29) is 0 Å². The van der Waals surface area contributed by atoms with Crippen molar-refractivity contribution >= 4 is 5.78 Å². The summed E-state index contributed by atoms with van der Waals surface area (Å²) in [5.41, 5.74) is 1.14. The van der Waals surface area contributed by atoms with Crippen LogP contribution in [0, 0.1) is 11.8 Å². The summed E-state index contributed by atoms with van der Waals surface area (Å²) in [6.07, 6.45) is 9.25. The normalized spacial score (nSPS) is 14.4. The van der Waals surface area contributed by atoms with Crippen molar-refractivity contribution in [1.29, 1.82) is 0 Å². The van der Waals surface area contributed by atoms with Gasteiger partial charge in [-0.25, -0.2) is 0 Å². The van der Waals surface area contributed by atoms with Gasteiger partial charge in [0.2, 0.25) is 0 Å². The Morgan fingerprint density at radius 1 is 1.25 bits per heavy atom. The maximum Gasteiger partial charge on any atom is 0.133 e. The molecule has 0 aliphatic carbocycles. The average molecular weight is 220 g/mol. The Morgan fingerprint density at radius 2 is 1.88 bits per heavy atom. The second kappa shape index (κ2) is 8.09. The number of allylic oxidation sites excluding steroid dienone is 5. The first kappa shape index (κ1) is 14.9. The minimum atomic E-state index is 0.320. The molecule has 0 heterocycles. The summed E-state index contributed by atoms with van der Waals surface area (Å²) in [5.74, 6) is 1.14. The van der Waals surface area contributed by atoms with Crippen molar-refractivity contribution in [2.45, 2.75) is 40.5 Å². The van der Waals surface area contributed by atoms with E-state index in [0.29, 0.717) is 30.5 Å². The maximum absolute atomic E-state index is 11.6. The number of Topliss-reactive ketones (excluding diaryl/α,β-unsaturated/α-hetero) is 1. The predicted octanol–water partition coefficient (Wildman–Crippen LogP) is 4.32. The van der Waals surface area contributed by atoms with E-state index in [1.807, 2.05) is 25.2 Å². The van der Waals surface area contributed by atoms with E-state index in [2.05, 4.69) is 33.4 Å². The Bertz CT molecular complexity index is 282. The van der Waals surface area contributed by atoms with Gasteiger partial charge >= 0.3 is 0 Å². The maximum atomic E-state index is 11.6. The lowest BCUT2D eigenvalue weighted by Crippen LogP contribution is -2.06. The zero-order chi connectivity index (χ0) is 12.6. The molecule has 0 aliphatic rings. The van der Waals surface area contributed by atoms with Gasteiger partial charge in [0.15, 0.2) is 0 Å². The van der Waals surface area contributed by atoms with Gasteiger partial charge in [-0.1, -0.05) is 57.2 Å². The number of hydrogen-bond acceptors (Lipinski definition) is 1. The lowest BCUT2D eigenvalue weighted by molar-refractivity contribution is -0.120. The molecule has 0 aromatic rings. The van der Waals surface area contributed by atoms with Crippen molar-refractivity contribution in [3.8, 4) is 0 Å². The van der Waals surface area contributed by atoms with E-state index < -0.39 is 0 Å². The number of hydrogen-bond donors (Lipinski definition) is 0. The Balaban J connectivity index is 4.03. The van der Waals surface area contributed by atoms with Crippen LogP contribution in [0.5, 0.6) is 0 Å². The highest BCUT2D eigenvalue weighted by Crippen LogP contribution is 2.10. The van der Waals surface area contributed by atoms with Crippen LogP contribution < -0.4 is 0 Å². The first-order valence-corrected chi connectivity index (χ1v) is 5.95. The first-order chi connectivity index (χ1) is 7.45. The third kappa shape index (κ3) is 8.22. The molecule has 0 radical (unpaired) electrons. The molecule has 0 aliphatic heterocycles. The molecule has 1 atom stereocenters. The number of rotatable bonds is 7. The average Bonchev–Trinajstić information content (AvgIpc) is 2.15. The third-order valence-corrected chi connectivity index (χ3v) is 2.31. The number of ketones is 1. The molecule has 0 saturated heterocycles. The molecule has 0 amide bonds. The fourth-order valence-corrected chi connectivity index (χ4v) is 1.43. The molecular weight excluding hydrogens is 196 g/mol. The predicted molar refractivity (Wildman–Crippen MR) is 71.3 cm³/mol. The van der Waals surface area contributed by atoms with Gasteiger partial charge in [0.1, 0.15) is 5.78 Å². The third-order valence-electron chi connectivity index (χ3n) is 2.31. The van der Waals surface area contributed by atoms with Crippen molar-refractivity contribution in [2.24, 2.45) is 11.8 Å². The van der Waals surface area contributed by atoms with Crippen LogP contribution in [-0.2, 0) is 4.79 Å². The number of carbonyl (C=O) groups is 1. The van der Waals surface area contributed by atoms with Crippen LogP contribution in [0.15, 0.2) is 36.5 Å². The van der Waals surface area contributed by atoms with Crippen molar-refractivity contribution in [1.82, 2.24) is 0 Å². The van der Waals surface area contributed by atoms with E-state index in [1.165, 1.54) is 0 Å². The Labute approximate surface area is 99.9 Å². The summed E-state index contributed by atoms with van der Waals surface area (Å²) >= 11 is 0. The molecular formula is C15H24O. The molecule has 0 aromatic carbocycles. The number of carbonyl (C=O) groups excluding carboxylic acids is 1. The summed E-state index contributed by atoms with van der Waals surface area (Å²) < 4.78 is 0. The highest BCUT2D eigenvalue weighted by atomic mass is 16.1. The Hall–Kier alpha value is -1.11. The van der Waals surface area contributed by atoms with Crippen molar-refractivity contribution in [3.05, 3.63) is 36.5 Å². The SMILES string of the molecule is C=C/C(C)=C/C=C/C(C)CC(=O)CC(C)C. The smallest absolute Gasteiger partial charge is 0.133 e. The fraction of sp³-hybridized carbons (Fsp3) is 0.533. The van der Waals surface area contributed by atoms with Gasteiger partial charge in [-0.3, -0.25) is 4.79 Å². The van der Waals surface area contributed by atoms with E-state index >= 15 is 0 Å². The molecule has 0 spiro atoms. The van der Waals surface area contributed by atoms with Crippen LogP contribution in [-0.4, -0.2) is 5.78 Å². The Kier molecular flexibility index (Phi) is 7.53. The molecule has 0 bridgehead atoms. The minimum absolute atomic E-state index is 0.320. The second-order valence-corrected chi connectivity index (χ2v) is 4.82. The summed E-state index contributed by atoms with van der Waals surface area (Å²) in [4.78, 5) is 11.6.